The Hall–Kier alpha value is -2.17. The average Bonchev–Trinajstić information content (AvgIpc) is 3.40. The van der Waals surface area contributed by atoms with Crippen molar-refractivity contribution in [3.63, 3.8) is 0 Å². The zero-order valence-electron chi connectivity index (χ0n) is 14.5. The van der Waals surface area contributed by atoms with Gasteiger partial charge in [0.15, 0.2) is 0 Å². The van der Waals surface area contributed by atoms with Gasteiger partial charge in [0.1, 0.15) is 0 Å². The van der Waals surface area contributed by atoms with Crippen molar-refractivity contribution in [2.24, 2.45) is 29.6 Å². The summed E-state index contributed by atoms with van der Waals surface area (Å²) >= 11 is 0. The fourth-order valence-corrected chi connectivity index (χ4v) is 4.36. The van der Waals surface area contributed by atoms with Gasteiger partial charge in [0, 0.05) is 6.54 Å². The molecule has 25 heavy (non-hydrogen) atoms. The maximum absolute atomic E-state index is 13.1. The molecular weight excluding hydrogens is 316 g/mol. The first-order chi connectivity index (χ1) is 12.1. The first kappa shape index (κ1) is 16.3. The molecule has 0 spiro atoms. The molecular formula is C20H24N2O3. The maximum atomic E-state index is 13.1. The van der Waals surface area contributed by atoms with Crippen LogP contribution in [0.5, 0.6) is 0 Å². The molecule has 2 aliphatic carbocycles. The number of nitrogens with zero attached hydrogens (tertiary/aromatic N) is 1. The van der Waals surface area contributed by atoms with Crippen LogP contribution in [0.25, 0.3) is 0 Å². The molecule has 3 amide bonds. The van der Waals surface area contributed by atoms with E-state index in [2.05, 4.69) is 5.32 Å². The van der Waals surface area contributed by atoms with Crippen molar-refractivity contribution in [1.29, 1.82) is 0 Å². The predicted octanol–water partition coefficient (Wildman–Crippen LogP) is 2.36. The minimum atomic E-state index is -0.518. The fourth-order valence-electron chi connectivity index (χ4n) is 4.36. The van der Waals surface area contributed by atoms with Crippen LogP contribution >= 0.6 is 0 Å². The van der Waals surface area contributed by atoms with E-state index in [0.717, 1.165) is 6.42 Å². The zero-order chi connectivity index (χ0) is 17.6. The number of hydrogen-bond donors (Lipinski definition) is 1. The lowest BCUT2D eigenvalue weighted by Crippen LogP contribution is -2.44. The summed E-state index contributed by atoms with van der Waals surface area (Å²) in [4.78, 5) is 40.1. The molecule has 0 aromatic heterocycles. The molecule has 1 aromatic carbocycles. The Labute approximate surface area is 147 Å². The van der Waals surface area contributed by atoms with E-state index < -0.39 is 5.92 Å². The van der Waals surface area contributed by atoms with E-state index in [1.165, 1.54) is 17.7 Å². The SMILES string of the molecule is C[C@@H]1CC[C@H](C(=O)NCC2CC2)[C@H]2C(=O)N(c3ccccc3)C(=O)[C@@H]21. The van der Waals surface area contributed by atoms with Crippen LogP contribution in [0, 0.1) is 29.6 Å². The average molecular weight is 340 g/mol. The minimum Gasteiger partial charge on any atom is -0.356 e. The highest BCUT2D eigenvalue weighted by Crippen LogP contribution is 2.46. The van der Waals surface area contributed by atoms with Gasteiger partial charge in [-0.3, -0.25) is 19.3 Å². The van der Waals surface area contributed by atoms with E-state index in [-0.39, 0.29) is 35.5 Å². The van der Waals surface area contributed by atoms with Crippen molar-refractivity contribution < 1.29 is 14.4 Å². The summed E-state index contributed by atoms with van der Waals surface area (Å²) in [5.41, 5.74) is 0.608. The van der Waals surface area contributed by atoms with Crippen LogP contribution in [-0.2, 0) is 14.4 Å². The van der Waals surface area contributed by atoms with Gasteiger partial charge in [0.05, 0.1) is 23.4 Å². The summed E-state index contributed by atoms with van der Waals surface area (Å²) in [7, 11) is 0. The largest absolute Gasteiger partial charge is 0.356 e. The summed E-state index contributed by atoms with van der Waals surface area (Å²) in [5.74, 6) is -0.955. The van der Waals surface area contributed by atoms with E-state index >= 15 is 0 Å². The van der Waals surface area contributed by atoms with Crippen molar-refractivity contribution in [3.05, 3.63) is 30.3 Å². The maximum Gasteiger partial charge on any atom is 0.238 e. The number of fused-ring (bicyclic) bond motifs is 1. The highest BCUT2D eigenvalue weighted by atomic mass is 16.2. The number of carbonyl (C=O) groups excluding carboxylic acids is 3. The minimum absolute atomic E-state index is 0.0511. The lowest BCUT2D eigenvalue weighted by atomic mass is 9.68. The predicted molar refractivity (Wildman–Crippen MR) is 93.5 cm³/mol. The molecule has 1 aromatic rings. The van der Waals surface area contributed by atoms with E-state index in [4.69, 9.17) is 0 Å². The normalized spacial score (nSPS) is 31.8. The topological polar surface area (TPSA) is 66.5 Å². The number of anilines is 1. The quantitative estimate of drug-likeness (QED) is 0.856. The van der Waals surface area contributed by atoms with E-state index in [0.29, 0.717) is 24.6 Å². The molecule has 1 heterocycles. The molecule has 4 atom stereocenters. The molecule has 5 nitrogen and oxygen atoms in total. The van der Waals surface area contributed by atoms with Crippen LogP contribution < -0.4 is 10.2 Å². The number of para-hydroxylation sites is 1. The smallest absolute Gasteiger partial charge is 0.238 e. The Morgan fingerprint density at radius 3 is 2.40 bits per heavy atom. The summed E-state index contributed by atoms with van der Waals surface area (Å²) in [6, 6.07) is 9.06. The molecule has 3 fully saturated rings. The zero-order valence-corrected chi connectivity index (χ0v) is 14.5. The third kappa shape index (κ3) is 2.86. The second kappa shape index (κ2) is 6.28. The van der Waals surface area contributed by atoms with Crippen LogP contribution in [0.4, 0.5) is 5.69 Å². The van der Waals surface area contributed by atoms with Crippen molar-refractivity contribution in [1.82, 2.24) is 5.32 Å². The third-order valence-corrected chi connectivity index (χ3v) is 5.99. The molecule has 0 unspecified atom stereocenters. The number of carbonyl (C=O) groups is 3. The number of hydrogen-bond acceptors (Lipinski definition) is 3. The van der Waals surface area contributed by atoms with Crippen LogP contribution in [0.3, 0.4) is 0 Å². The fraction of sp³-hybridized carbons (Fsp3) is 0.550. The molecule has 0 bridgehead atoms. The highest BCUT2D eigenvalue weighted by Gasteiger charge is 2.56. The molecule has 0 radical (unpaired) electrons. The first-order valence-electron chi connectivity index (χ1n) is 9.28. The Kier molecular flexibility index (Phi) is 4.10. The Bertz CT molecular complexity index is 698. The number of amides is 3. The number of benzene rings is 1. The third-order valence-electron chi connectivity index (χ3n) is 5.99. The van der Waals surface area contributed by atoms with Crippen LogP contribution in [0.2, 0.25) is 0 Å². The van der Waals surface area contributed by atoms with E-state index in [1.54, 1.807) is 12.1 Å². The number of nitrogens with one attached hydrogen (secondary N) is 1. The van der Waals surface area contributed by atoms with Gasteiger partial charge in [-0.2, -0.15) is 0 Å². The van der Waals surface area contributed by atoms with Gasteiger partial charge in [0.25, 0.3) is 0 Å². The molecule has 1 aliphatic heterocycles. The van der Waals surface area contributed by atoms with Crippen molar-refractivity contribution in [3.8, 4) is 0 Å². The second-order valence-electron chi connectivity index (χ2n) is 7.75. The standard InChI is InChI=1S/C20H24N2O3/c1-12-7-10-15(18(23)21-11-13-8-9-13)17-16(12)19(24)22(20(17)25)14-5-3-2-4-6-14/h2-6,12-13,15-17H,7-11H2,1H3,(H,21,23)/t12-,15+,16-,17-/m1/s1. The van der Waals surface area contributed by atoms with E-state index in [9.17, 15) is 14.4 Å². The van der Waals surface area contributed by atoms with Crippen molar-refractivity contribution >= 4 is 23.4 Å². The monoisotopic (exact) mass is 340 g/mol. The molecule has 132 valence electrons. The highest BCUT2D eigenvalue weighted by molar-refractivity contribution is 6.23. The molecule has 3 aliphatic rings. The molecule has 4 rings (SSSR count). The van der Waals surface area contributed by atoms with Crippen LogP contribution in [0.1, 0.15) is 32.6 Å². The van der Waals surface area contributed by atoms with E-state index in [1.807, 2.05) is 25.1 Å². The molecule has 2 saturated carbocycles. The molecule has 5 heteroatoms. The Morgan fingerprint density at radius 2 is 1.72 bits per heavy atom. The summed E-state index contributed by atoms with van der Waals surface area (Å²) in [6.45, 7) is 2.72. The van der Waals surface area contributed by atoms with Crippen LogP contribution in [0.15, 0.2) is 30.3 Å². The summed E-state index contributed by atoms with van der Waals surface area (Å²) < 4.78 is 0. The van der Waals surface area contributed by atoms with Crippen LogP contribution in [-0.4, -0.2) is 24.3 Å². The lowest BCUT2D eigenvalue weighted by molar-refractivity contribution is -0.136. The molecule has 1 N–H and O–H groups in total. The van der Waals surface area contributed by atoms with Crippen molar-refractivity contribution in [2.45, 2.75) is 32.6 Å². The lowest BCUT2D eigenvalue weighted by Gasteiger charge is -2.33. The van der Waals surface area contributed by atoms with Gasteiger partial charge < -0.3 is 5.32 Å². The summed E-state index contributed by atoms with van der Waals surface area (Å²) in [6.07, 6.45) is 3.84. The Balaban J connectivity index is 1.60. The van der Waals surface area contributed by atoms with Gasteiger partial charge in [-0.05, 0) is 49.7 Å². The molecule has 1 saturated heterocycles. The Morgan fingerprint density at radius 1 is 1.04 bits per heavy atom. The van der Waals surface area contributed by atoms with Gasteiger partial charge in [-0.15, -0.1) is 0 Å². The second-order valence-corrected chi connectivity index (χ2v) is 7.75. The first-order valence-corrected chi connectivity index (χ1v) is 9.28. The van der Waals surface area contributed by atoms with Gasteiger partial charge in [0.2, 0.25) is 17.7 Å². The van der Waals surface area contributed by atoms with Gasteiger partial charge >= 0.3 is 0 Å². The van der Waals surface area contributed by atoms with Crippen molar-refractivity contribution in [2.75, 3.05) is 11.4 Å². The number of rotatable bonds is 4. The van der Waals surface area contributed by atoms with Gasteiger partial charge in [-0.1, -0.05) is 25.1 Å². The number of imide groups is 1. The summed E-state index contributed by atoms with van der Waals surface area (Å²) in [5, 5.41) is 3.01. The van der Waals surface area contributed by atoms with Gasteiger partial charge in [-0.25, -0.2) is 0 Å².